The molecule has 0 aromatic heterocycles. The van der Waals surface area contributed by atoms with Gasteiger partial charge in [0.1, 0.15) is 0 Å². The summed E-state index contributed by atoms with van der Waals surface area (Å²) < 4.78 is 0. The Morgan fingerprint density at radius 3 is 2.52 bits per heavy atom. The lowest BCUT2D eigenvalue weighted by Gasteiger charge is -2.35. The molecular weight excluding hydrogens is 316 g/mol. The molecule has 0 bridgehead atoms. The third kappa shape index (κ3) is 5.85. The van der Waals surface area contributed by atoms with Gasteiger partial charge in [-0.05, 0) is 31.2 Å². The molecule has 1 aromatic rings. The molecule has 1 N–H and O–H groups in total. The van der Waals surface area contributed by atoms with E-state index in [1.807, 2.05) is 9.80 Å². The molecule has 1 amide bonds. The molecule has 1 saturated heterocycles. The van der Waals surface area contributed by atoms with E-state index in [-0.39, 0.29) is 11.8 Å². The lowest BCUT2D eigenvalue weighted by Crippen LogP contribution is -2.47. The quantitative estimate of drug-likeness (QED) is 0.825. The lowest BCUT2D eigenvalue weighted by molar-refractivity contribution is -0.146. The lowest BCUT2D eigenvalue weighted by atomic mass is 9.90. The molecule has 25 heavy (non-hydrogen) atoms. The van der Waals surface area contributed by atoms with E-state index in [0.29, 0.717) is 32.0 Å². The number of piperidine rings is 1. The van der Waals surface area contributed by atoms with E-state index in [1.165, 1.54) is 5.56 Å². The van der Waals surface area contributed by atoms with Crippen LogP contribution < -0.4 is 0 Å². The number of carboxylic acids is 1. The number of hydrogen-bond donors (Lipinski definition) is 1. The van der Waals surface area contributed by atoms with Gasteiger partial charge in [0.2, 0.25) is 5.91 Å². The van der Waals surface area contributed by atoms with Crippen molar-refractivity contribution < 1.29 is 14.7 Å². The molecule has 0 aliphatic carbocycles. The van der Waals surface area contributed by atoms with Gasteiger partial charge in [0.25, 0.3) is 0 Å². The second-order valence-corrected chi connectivity index (χ2v) is 7.37. The summed E-state index contributed by atoms with van der Waals surface area (Å²) in [7, 11) is 0. The first-order chi connectivity index (χ1) is 11.9. The molecule has 2 atom stereocenters. The molecule has 1 fully saturated rings. The van der Waals surface area contributed by atoms with Gasteiger partial charge in [-0.2, -0.15) is 0 Å². The van der Waals surface area contributed by atoms with Crippen molar-refractivity contribution in [2.24, 2.45) is 11.8 Å². The Morgan fingerprint density at radius 1 is 1.24 bits per heavy atom. The first kappa shape index (κ1) is 19.4. The monoisotopic (exact) mass is 346 g/mol. The van der Waals surface area contributed by atoms with Crippen LogP contribution in [0.2, 0.25) is 0 Å². The Morgan fingerprint density at radius 2 is 1.92 bits per heavy atom. The van der Waals surface area contributed by atoms with E-state index in [4.69, 9.17) is 0 Å². The van der Waals surface area contributed by atoms with E-state index in [0.717, 1.165) is 25.1 Å². The van der Waals surface area contributed by atoms with Crippen LogP contribution >= 0.6 is 0 Å². The van der Waals surface area contributed by atoms with Gasteiger partial charge in [-0.15, -0.1) is 0 Å². The van der Waals surface area contributed by atoms with Gasteiger partial charge < -0.3 is 10.0 Å². The SMILES string of the molecule is CCCN(Cc1ccc(C)cc1)C(=O)CN1CC(C)CC(C(=O)O)C1. The smallest absolute Gasteiger partial charge is 0.307 e. The minimum absolute atomic E-state index is 0.0839. The van der Waals surface area contributed by atoms with Crippen molar-refractivity contribution in [3.05, 3.63) is 35.4 Å². The van der Waals surface area contributed by atoms with Crippen molar-refractivity contribution in [2.45, 2.75) is 40.2 Å². The minimum atomic E-state index is -0.755. The van der Waals surface area contributed by atoms with Crippen LogP contribution in [-0.4, -0.2) is 53.0 Å². The fourth-order valence-corrected chi connectivity index (χ4v) is 3.54. The molecule has 0 spiro atoms. The molecule has 0 radical (unpaired) electrons. The molecule has 1 heterocycles. The zero-order chi connectivity index (χ0) is 18.4. The Bertz CT molecular complexity index is 585. The molecule has 1 aliphatic rings. The maximum Gasteiger partial charge on any atom is 0.307 e. The summed E-state index contributed by atoms with van der Waals surface area (Å²) in [6.07, 6.45) is 1.60. The van der Waals surface area contributed by atoms with Crippen LogP contribution in [0.1, 0.15) is 37.8 Å². The largest absolute Gasteiger partial charge is 0.481 e. The van der Waals surface area contributed by atoms with Crippen LogP contribution in [0.4, 0.5) is 0 Å². The van der Waals surface area contributed by atoms with Crippen LogP contribution in [0.3, 0.4) is 0 Å². The number of nitrogens with zero attached hydrogens (tertiary/aromatic N) is 2. The maximum absolute atomic E-state index is 12.8. The zero-order valence-electron chi connectivity index (χ0n) is 15.6. The molecular formula is C20H30N2O3. The highest BCUT2D eigenvalue weighted by Gasteiger charge is 2.31. The number of aryl methyl sites for hydroxylation is 1. The number of aliphatic carboxylic acids is 1. The van der Waals surface area contributed by atoms with E-state index in [9.17, 15) is 14.7 Å². The second-order valence-electron chi connectivity index (χ2n) is 7.37. The molecule has 2 unspecified atom stereocenters. The topological polar surface area (TPSA) is 60.9 Å². The molecule has 5 heteroatoms. The molecule has 5 nitrogen and oxygen atoms in total. The number of carbonyl (C=O) groups is 2. The maximum atomic E-state index is 12.8. The van der Waals surface area contributed by atoms with Crippen LogP contribution in [0.25, 0.3) is 0 Å². The van der Waals surface area contributed by atoms with E-state index in [2.05, 4.69) is 45.0 Å². The van der Waals surface area contributed by atoms with Crippen molar-refractivity contribution in [3.63, 3.8) is 0 Å². The number of amides is 1. The molecule has 1 aliphatic heterocycles. The summed E-state index contributed by atoms with van der Waals surface area (Å²) in [5, 5.41) is 9.30. The highest BCUT2D eigenvalue weighted by Crippen LogP contribution is 2.22. The first-order valence-electron chi connectivity index (χ1n) is 9.17. The summed E-state index contributed by atoms with van der Waals surface area (Å²) in [4.78, 5) is 28.0. The highest BCUT2D eigenvalue weighted by atomic mass is 16.4. The molecule has 2 rings (SSSR count). The van der Waals surface area contributed by atoms with Crippen molar-refractivity contribution in [1.29, 1.82) is 0 Å². The van der Waals surface area contributed by atoms with Crippen LogP contribution in [0, 0.1) is 18.8 Å². The number of hydrogen-bond acceptors (Lipinski definition) is 3. The third-order valence-electron chi connectivity index (χ3n) is 4.78. The van der Waals surface area contributed by atoms with Crippen molar-refractivity contribution in [3.8, 4) is 0 Å². The normalized spacial score (nSPS) is 21.1. The van der Waals surface area contributed by atoms with E-state index < -0.39 is 5.97 Å². The summed E-state index contributed by atoms with van der Waals surface area (Å²) >= 11 is 0. The zero-order valence-corrected chi connectivity index (χ0v) is 15.6. The van der Waals surface area contributed by atoms with Gasteiger partial charge in [-0.25, -0.2) is 0 Å². The number of likely N-dealkylation sites (tertiary alicyclic amines) is 1. The van der Waals surface area contributed by atoms with Crippen molar-refractivity contribution >= 4 is 11.9 Å². The van der Waals surface area contributed by atoms with E-state index >= 15 is 0 Å². The van der Waals surface area contributed by atoms with E-state index in [1.54, 1.807) is 0 Å². The Hall–Kier alpha value is -1.88. The van der Waals surface area contributed by atoms with Crippen LogP contribution in [0.15, 0.2) is 24.3 Å². The average Bonchev–Trinajstić information content (AvgIpc) is 2.55. The highest BCUT2D eigenvalue weighted by molar-refractivity contribution is 5.78. The molecule has 0 saturated carbocycles. The van der Waals surface area contributed by atoms with Gasteiger partial charge in [0, 0.05) is 26.2 Å². The number of rotatable bonds is 7. The molecule has 1 aromatic carbocycles. The predicted octanol–water partition coefficient (Wildman–Crippen LogP) is 2.78. The van der Waals surface area contributed by atoms with Crippen LogP contribution in [0.5, 0.6) is 0 Å². The summed E-state index contributed by atoms with van der Waals surface area (Å²) in [5.41, 5.74) is 2.34. The average molecular weight is 346 g/mol. The van der Waals surface area contributed by atoms with Gasteiger partial charge in [-0.1, -0.05) is 43.7 Å². The predicted molar refractivity (Wildman–Crippen MR) is 98.2 cm³/mol. The summed E-state index contributed by atoms with van der Waals surface area (Å²) in [6.45, 7) is 9.07. The molecule has 138 valence electrons. The minimum Gasteiger partial charge on any atom is -0.481 e. The van der Waals surface area contributed by atoms with Crippen LogP contribution in [-0.2, 0) is 16.1 Å². The van der Waals surface area contributed by atoms with Crippen molar-refractivity contribution in [1.82, 2.24) is 9.80 Å². The standard InChI is InChI=1S/C20H30N2O3/c1-4-9-22(12-17-7-5-15(2)6-8-17)19(23)14-21-11-16(3)10-18(13-21)20(24)25/h5-8,16,18H,4,9-14H2,1-3H3,(H,24,25). The van der Waals surface area contributed by atoms with Gasteiger partial charge in [0.15, 0.2) is 0 Å². The van der Waals surface area contributed by atoms with Gasteiger partial charge in [0.05, 0.1) is 12.5 Å². The third-order valence-corrected chi connectivity index (χ3v) is 4.78. The first-order valence-corrected chi connectivity index (χ1v) is 9.17. The van der Waals surface area contributed by atoms with Gasteiger partial charge in [-0.3, -0.25) is 14.5 Å². The number of benzene rings is 1. The Balaban J connectivity index is 1.99. The Labute approximate surface area is 150 Å². The fourth-order valence-electron chi connectivity index (χ4n) is 3.54. The summed E-state index contributed by atoms with van der Waals surface area (Å²) in [5.74, 6) is -0.734. The number of carbonyl (C=O) groups excluding carboxylic acids is 1. The summed E-state index contributed by atoms with van der Waals surface area (Å²) in [6, 6.07) is 8.25. The van der Waals surface area contributed by atoms with Gasteiger partial charge >= 0.3 is 5.97 Å². The van der Waals surface area contributed by atoms with Crippen molar-refractivity contribution in [2.75, 3.05) is 26.2 Å². The Kier molecular flexibility index (Phi) is 7.00. The fraction of sp³-hybridized carbons (Fsp3) is 0.600. The number of carboxylic acid groups (broad SMARTS) is 1. The second kappa shape index (κ2) is 8.99.